The third-order valence-corrected chi connectivity index (χ3v) is 6.86. The van der Waals surface area contributed by atoms with Gasteiger partial charge in [0.25, 0.3) is 0 Å². The first kappa shape index (κ1) is 20.3. The summed E-state index contributed by atoms with van der Waals surface area (Å²) < 4.78 is 16.5. The van der Waals surface area contributed by atoms with Crippen LogP contribution in [0.3, 0.4) is 0 Å². The number of rotatable bonds is 5. The van der Waals surface area contributed by atoms with Crippen LogP contribution < -0.4 is 25.3 Å². The molecule has 2 aromatic rings. The van der Waals surface area contributed by atoms with Crippen LogP contribution in [0, 0.1) is 0 Å². The van der Waals surface area contributed by atoms with Crippen LogP contribution in [-0.4, -0.2) is 32.9 Å². The minimum atomic E-state index is -0.415. The second kappa shape index (κ2) is 7.68. The molecule has 1 unspecified atom stereocenters. The van der Waals surface area contributed by atoms with Crippen LogP contribution in [0.4, 0.5) is 10.7 Å². The summed E-state index contributed by atoms with van der Waals surface area (Å²) in [5.41, 5.74) is 10.0. The van der Waals surface area contributed by atoms with Crippen molar-refractivity contribution in [2.75, 3.05) is 32.4 Å². The SMILES string of the molecule is COc1cc(C2C3=C(CCCC3=O)Nc3sc(C(C)=O)c(N)c32)cc(OC)c1OC. The van der Waals surface area contributed by atoms with Gasteiger partial charge in [0.05, 0.1) is 36.9 Å². The molecule has 158 valence electrons. The normalized spacial score (nSPS) is 17.7. The molecular weight excluding hydrogens is 404 g/mol. The summed E-state index contributed by atoms with van der Waals surface area (Å²) in [5, 5.41) is 4.19. The number of carbonyl (C=O) groups is 2. The maximum absolute atomic E-state index is 13.0. The summed E-state index contributed by atoms with van der Waals surface area (Å²) in [7, 11) is 4.65. The average molecular weight is 429 g/mol. The molecule has 0 spiro atoms. The monoisotopic (exact) mass is 428 g/mol. The number of benzene rings is 1. The molecule has 3 N–H and O–H groups in total. The van der Waals surface area contributed by atoms with Crippen molar-refractivity contribution >= 4 is 33.6 Å². The van der Waals surface area contributed by atoms with Gasteiger partial charge in [-0.1, -0.05) is 0 Å². The van der Waals surface area contributed by atoms with Gasteiger partial charge in [-0.2, -0.15) is 0 Å². The van der Waals surface area contributed by atoms with Gasteiger partial charge in [-0.15, -0.1) is 11.3 Å². The van der Waals surface area contributed by atoms with Gasteiger partial charge >= 0.3 is 0 Å². The third kappa shape index (κ3) is 3.02. The Morgan fingerprint density at radius 2 is 1.80 bits per heavy atom. The van der Waals surface area contributed by atoms with Crippen LogP contribution in [-0.2, 0) is 4.79 Å². The number of ether oxygens (including phenoxy) is 3. The van der Waals surface area contributed by atoms with Gasteiger partial charge in [0.15, 0.2) is 23.1 Å². The summed E-state index contributed by atoms with van der Waals surface area (Å²) in [6, 6.07) is 3.69. The van der Waals surface area contributed by atoms with E-state index >= 15 is 0 Å². The fourth-order valence-electron chi connectivity index (χ4n) is 4.31. The number of allylic oxidation sites excluding steroid dienone is 2. The fourth-order valence-corrected chi connectivity index (χ4v) is 5.39. The van der Waals surface area contributed by atoms with E-state index in [1.54, 1.807) is 21.3 Å². The highest BCUT2D eigenvalue weighted by Gasteiger charge is 2.39. The van der Waals surface area contributed by atoms with Crippen molar-refractivity contribution in [2.45, 2.75) is 32.1 Å². The van der Waals surface area contributed by atoms with Gasteiger partial charge in [-0.3, -0.25) is 9.59 Å². The summed E-state index contributed by atoms with van der Waals surface area (Å²) >= 11 is 1.33. The Balaban J connectivity index is 2.00. The molecule has 1 aromatic carbocycles. The van der Waals surface area contributed by atoms with Crippen LogP contribution in [0.1, 0.15) is 52.9 Å². The maximum Gasteiger partial charge on any atom is 0.203 e. The van der Waals surface area contributed by atoms with Crippen molar-refractivity contribution in [1.29, 1.82) is 0 Å². The second-order valence-electron chi connectivity index (χ2n) is 7.33. The van der Waals surface area contributed by atoms with E-state index < -0.39 is 5.92 Å². The van der Waals surface area contributed by atoms with Crippen molar-refractivity contribution in [3.63, 3.8) is 0 Å². The van der Waals surface area contributed by atoms with Gasteiger partial charge < -0.3 is 25.3 Å². The Morgan fingerprint density at radius 3 is 2.37 bits per heavy atom. The molecule has 0 fully saturated rings. The van der Waals surface area contributed by atoms with Crippen LogP contribution in [0.5, 0.6) is 17.2 Å². The molecule has 0 amide bonds. The van der Waals surface area contributed by atoms with Crippen molar-refractivity contribution in [3.05, 3.63) is 39.4 Å². The Labute approximate surface area is 178 Å². The molecule has 0 bridgehead atoms. The number of hydrogen-bond acceptors (Lipinski definition) is 8. The smallest absolute Gasteiger partial charge is 0.203 e. The third-order valence-electron chi connectivity index (χ3n) is 5.62. The molecule has 7 nitrogen and oxygen atoms in total. The first-order valence-corrected chi connectivity index (χ1v) is 10.5. The summed E-state index contributed by atoms with van der Waals surface area (Å²) in [4.78, 5) is 25.7. The largest absolute Gasteiger partial charge is 0.493 e. The lowest BCUT2D eigenvalue weighted by Gasteiger charge is -2.33. The first-order valence-electron chi connectivity index (χ1n) is 9.67. The Bertz CT molecular complexity index is 1060. The fraction of sp³-hybridized carbons (Fsp3) is 0.364. The van der Waals surface area contributed by atoms with Crippen LogP contribution in [0.15, 0.2) is 23.4 Å². The average Bonchev–Trinajstić information content (AvgIpc) is 3.07. The summed E-state index contributed by atoms with van der Waals surface area (Å²) in [5.74, 6) is 1.05. The summed E-state index contributed by atoms with van der Waals surface area (Å²) in [6.07, 6.45) is 2.05. The molecule has 4 rings (SSSR count). The second-order valence-corrected chi connectivity index (χ2v) is 8.35. The number of fused-ring (bicyclic) bond motifs is 1. The van der Waals surface area contributed by atoms with E-state index in [1.165, 1.54) is 18.3 Å². The molecule has 30 heavy (non-hydrogen) atoms. The molecular formula is C22H24N2O5S. The van der Waals surface area contributed by atoms with Gasteiger partial charge in [-0.05, 0) is 30.5 Å². The molecule has 2 aliphatic rings. The van der Waals surface area contributed by atoms with Gasteiger partial charge in [0.2, 0.25) is 5.75 Å². The van der Waals surface area contributed by atoms with Crippen molar-refractivity contribution < 1.29 is 23.8 Å². The molecule has 0 radical (unpaired) electrons. The molecule has 1 atom stereocenters. The predicted molar refractivity (Wildman–Crippen MR) is 116 cm³/mol. The zero-order valence-corrected chi connectivity index (χ0v) is 18.2. The number of methoxy groups -OCH3 is 3. The minimum absolute atomic E-state index is 0.0862. The van der Waals surface area contributed by atoms with Gasteiger partial charge in [0.1, 0.15) is 0 Å². The number of hydrogen-bond donors (Lipinski definition) is 2. The lowest BCUT2D eigenvalue weighted by Crippen LogP contribution is -2.26. The van der Waals surface area contributed by atoms with Crippen molar-refractivity contribution in [2.24, 2.45) is 0 Å². The van der Waals surface area contributed by atoms with Crippen molar-refractivity contribution in [1.82, 2.24) is 0 Å². The highest BCUT2D eigenvalue weighted by molar-refractivity contribution is 7.19. The van der Waals surface area contributed by atoms with E-state index in [-0.39, 0.29) is 11.6 Å². The van der Waals surface area contributed by atoms with E-state index in [4.69, 9.17) is 19.9 Å². The Hall–Kier alpha value is -3.00. The number of ketones is 2. The molecule has 0 saturated carbocycles. The highest BCUT2D eigenvalue weighted by atomic mass is 32.1. The van der Waals surface area contributed by atoms with Crippen LogP contribution in [0.25, 0.3) is 0 Å². The number of carbonyl (C=O) groups excluding carboxylic acids is 2. The van der Waals surface area contributed by atoms with E-state index in [1.807, 2.05) is 12.1 Å². The van der Waals surface area contributed by atoms with E-state index in [0.29, 0.717) is 39.8 Å². The van der Waals surface area contributed by atoms with E-state index in [0.717, 1.165) is 34.7 Å². The topological polar surface area (TPSA) is 99.9 Å². The van der Waals surface area contributed by atoms with E-state index in [9.17, 15) is 9.59 Å². The molecule has 0 saturated heterocycles. The quantitative estimate of drug-likeness (QED) is 0.691. The lowest BCUT2D eigenvalue weighted by atomic mass is 9.76. The van der Waals surface area contributed by atoms with Gasteiger partial charge in [-0.25, -0.2) is 0 Å². The van der Waals surface area contributed by atoms with Crippen molar-refractivity contribution in [3.8, 4) is 17.2 Å². The van der Waals surface area contributed by atoms with Crippen LogP contribution in [0.2, 0.25) is 0 Å². The van der Waals surface area contributed by atoms with Gasteiger partial charge in [0, 0.05) is 36.1 Å². The van der Waals surface area contributed by atoms with Crippen LogP contribution >= 0.6 is 11.3 Å². The maximum atomic E-state index is 13.0. The molecule has 8 heteroatoms. The Kier molecular flexibility index (Phi) is 5.19. The number of nitrogens with two attached hydrogens (primary N) is 1. The standard InChI is InChI=1S/C22H24N2O5S/c1-10(25)21-19(23)18-16(11-8-14(27-2)20(29-4)15(9-11)28-3)17-12(24-22(18)30-21)6-5-7-13(17)26/h8-9,16,24H,5-7,23H2,1-4H3. The minimum Gasteiger partial charge on any atom is -0.493 e. The summed E-state index contributed by atoms with van der Waals surface area (Å²) in [6.45, 7) is 1.50. The first-order chi connectivity index (χ1) is 14.4. The molecule has 1 aliphatic carbocycles. The number of nitrogens with one attached hydrogen (secondary N) is 1. The molecule has 1 aromatic heterocycles. The number of Topliss-reactive ketones (excluding diaryl/α,β-unsaturated/α-hetero) is 2. The Morgan fingerprint density at radius 1 is 1.13 bits per heavy atom. The highest BCUT2D eigenvalue weighted by Crippen LogP contribution is 2.53. The number of thiophene rings is 1. The number of anilines is 2. The number of nitrogen functional groups attached to an aromatic ring is 1. The zero-order valence-electron chi connectivity index (χ0n) is 17.4. The predicted octanol–water partition coefficient (Wildman–Crippen LogP) is 4.12. The molecule has 2 heterocycles. The lowest BCUT2D eigenvalue weighted by molar-refractivity contribution is -0.116. The van der Waals surface area contributed by atoms with E-state index in [2.05, 4.69) is 5.32 Å². The zero-order chi connectivity index (χ0) is 21.6. The molecule has 1 aliphatic heterocycles.